The Bertz CT molecular complexity index is 450. The molecule has 112 valence electrons. The molecule has 0 spiro atoms. The van der Waals surface area contributed by atoms with Crippen LogP contribution in [0.15, 0.2) is 18.2 Å². The first-order chi connectivity index (χ1) is 9.31. The largest absolute Gasteiger partial charge is 0.443 e. The number of carbonyl (C=O) groups is 1. The zero-order valence-electron chi connectivity index (χ0n) is 13.2. The van der Waals surface area contributed by atoms with Gasteiger partial charge in [0.25, 0.3) is 0 Å². The highest BCUT2D eigenvalue weighted by atomic mass is 16.6. The summed E-state index contributed by atoms with van der Waals surface area (Å²) in [6, 6.07) is 6.08. The van der Waals surface area contributed by atoms with E-state index in [2.05, 4.69) is 36.8 Å². The van der Waals surface area contributed by atoms with E-state index in [0.29, 0.717) is 0 Å². The molecule has 0 aliphatic carbocycles. The van der Waals surface area contributed by atoms with E-state index in [1.807, 2.05) is 26.8 Å². The van der Waals surface area contributed by atoms with Crippen LogP contribution < -0.4 is 10.9 Å². The van der Waals surface area contributed by atoms with Crippen LogP contribution in [0.5, 0.6) is 0 Å². The summed E-state index contributed by atoms with van der Waals surface area (Å²) in [5, 5.41) is 0. The van der Waals surface area contributed by atoms with Crippen molar-refractivity contribution < 1.29 is 9.53 Å². The number of aryl methyl sites for hydroxylation is 2. The number of rotatable bonds is 5. The maximum absolute atomic E-state index is 11.6. The predicted molar refractivity (Wildman–Crippen MR) is 82.8 cm³/mol. The zero-order valence-corrected chi connectivity index (χ0v) is 13.2. The number of amides is 1. The van der Waals surface area contributed by atoms with Crippen molar-refractivity contribution >= 4 is 11.8 Å². The number of anilines is 1. The van der Waals surface area contributed by atoms with Gasteiger partial charge in [-0.2, -0.15) is 0 Å². The standard InChI is InChI=1S/C16H26N2O2/c1-6-7-8-13-11-14(10-9-12(13)2)17-18-15(19)20-16(3,4)5/h9-11,17H,6-8H2,1-5H3,(H,18,19). The summed E-state index contributed by atoms with van der Waals surface area (Å²) in [7, 11) is 0. The van der Waals surface area contributed by atoms with Gasteiger partial charge in [-0.05, 0) is 63.8 Å². The predicted octanol–water partition coefficient (Wildman–Crippen LogP) is 4.19. The van der Waals surface area contributed by atoms with Gasteiger partial charge in [-0.25, -0.2) is 10.2 Å². The summed E-state index contributed by atoms with van der Waals surface area (Å²) in [4.78, 5) is 11.6. The summed E-state index contributed by atoms with van der Waals surface area (Å²) in [5.74, 6) is 0. The van der Waals surface area contributed by atoms with E-state index in [1.54, 1.807) is 0 Å². The first-order valence-electron chi connectivity index (χ1n) is 7.16. The molecule has 0 aliphatic rings. The van der Waals surface area contributed by atoms with Crippen molar-refractivity contribution in [1.29, 1.82) is 0 Å². The van der Waals surface area contributed by atoms with Crippen LogP contribution in [-0.2, 0) is 11.2 Å². The number of unbranched alkanes of at least 4 members (excludes halogenated alkanes) is 1. The van der Waals surface area contributed by atoms with Gasteiger partial charge in [0.2, 0.25) is 0 Å². The topological polar surface area (TPSA) is 50.4 Å². The Hall–Kier alpha value is -1.71. The highest BCUT2D eigenvalue weighted by molar-refractivity contribution is 5.69. The Morgan fingerprint density at radius 1 is 1.30 bits per heavy atom. The molecule has 0 heterocycles. The monoisotopic (exact) mass is 278 g/mol. The van der Waals surface area contributed by atoms with Gasteiger partial charge >= 0.3 is 6.09 Å². The molecular weight excluding hydrogens is 252 g/mol. The van der Waals surface area contributed by atoms with E-state index < -0.39 is 11.7 Å². The molecule has 4 nitrogen and oxygen atoms in total. The highest BCUT2D eigenvalue weighted by Gasteiger charge is 2.15. The minimum absolute atomic E-state index is 0.479. The third-order valence-electron chi connectivity index (χ3n) is 2.86. The Labute approximate surface area is 121 Å². The molecule has 1 amide bonds. The second kappa shape index (κ2) is 7.17. The molecular formula is C16H26N2O2. The van der Waals surface area contributed by atoms with E-state index in [0.717, 1.165) is 12.1 Å². The number of hydrazine groups is 1. The molecule has 20 heavy (non-hydrogen) atoms. The summed E-state index contributed by atoms with van der Waals surface area (Å²) in [6.07, 6.45) is 2.93. The first kappa shape index (κ1) is 16.3. The molecule has 0 fully saturated rings. The van der Waals surface area contributed by atoms with E-state index in [9.17, 15) is 4.79 Å². The van der Waals surface area contributed by atoms with Gasteiger partial charge in [-0.15, -0.1) is 0 Å². The quantitative estimate of drug-likeness (QED) is 0.794. The molecule has 0 aromatic heterocycles. The van der Waals surface area contributed by atoms with Crippen LogP contribution in [0, 0.1) is 6.92 Å². The van der Waals surface area contributed by atoms with Crippen molar-refractivity contribution in [2.45, 2.75) is 59.5 Å². The van der Waals surface area contributed by atoms with E-state index in [-0.39, 0.29) is 0 Å². The average Bonchev–Trinajstić information content (AvgIpc) is 2.34. The second-order valence-corrected chi connectivity index (χ2v) is 6.00. The zero-order chi connectivity index (χ0) is 15.2. The maximum atomic E-state index is 11.6. The van der Waals surface area contributed by atoms with Crippen LogP contribution in [0.25, 0.3) is 0 Å². The SMILES string of the molecule is CCCCc1cc(NNC(=O)OC(C)(C)C)ccc1C. The first-order valence-corrected chi connectivity index (χ1v) is 7.16. The summed E-state index contributed by atoms with van der Waals surface area (Å²) < 4.78 is 5.17. The fraction of sp³-hybridized carbons (Fsp3) is 0.562. The number of benzene rings is 1. The van der Waals surface area contributed by atoms with Crippen LogP contribution in [0.4, 0.5) is 10.5 Å². The lowest BCUT2D eigenvalue weighted by atomic mass is 10.0. The summed E-state index contributed by atoms with van der Waals surface area (Å²) in [6.45, 7) is 9.79. The number of hydrogen-bond acceptors (Lipinski definition) is 3. The molecule has 0 unspecified atom stereocenters. The van der Waals surface area contributed by atoms with Crippen LogP contribution in [0.2, 0.25) is 0 Å². The Morgan fingerprint density at radius 2 is 2.00 bits per heavy atom. The van der Waals surface area contributed by atoms with Crippen LogP contribution in [-0.4, -0.2) is 11.7 Å². The summed E-state index contributed by atoms with van der Waals surface area (Å²) >= 11 is 0. The van der Waals surface area contributed by atoms with Gasteiger partial charge in [-0.1, -0.05) is 19.4 Å². The lowest BCUT2D eigenvalue weighted by molar-refractivity contribution is 0.0541. The smallest absolute Gasteiger partial charge is 0.426 e. The molecule has 4 heteroatoms. The third kappa shape index (κ3) is 5.95. The van der Waals surface area contributed by atoms with Gasteiger partial charge in [0.15, 0.2) is 0 Å². The molecule has 0 saturated carbocycles. The van der Waals surface area contributed by atoms with E-state index in [4.69, 9.17) is 4.74 Å². The summed E-state index contributed by atoms with van der Waals surface area (Å²) in [5.41, 5.74) is 8.39. The minimum atomic E-state index is -0.495. The Morgan fingerprint density at radius 3 is 2.60 bits per heavy atom. The average molecular weight is 278 g/mol. The second-order valence-electron chi connectivity index (χ2n) is 6.00. The van der Waals surface area contributed by atoms with Crippen LogP contribution in [0.3, 0.4) is 0 Å². The number of carbonyl (C=O) groups excluding carboxylic acids is 1. The molecule has 0 aliphatic heterocycles. The van der Waals surface area contributed by atoms with Gasteiger partial charge in [0.05, 0.1) is 5.69 Å². The lowest BCUT2D eigenvalue weighted by Crippen LogP contribution is -2.35. The number of nitrogens with one attached hydrogen (secondary N) is 2. The van der Waals surface area contributed by atoms with Crippen molar-refractivity contribution in [3.8, 4) is 0 Å². The van der Waals surface area contributed by atoms with Gasteiger partial charge in [0.1, 0.15) is 5.60 Å². The Balaban J connectivity index is 2.58. The minimum Gasteiger partial charge on any atom is -0.443 e. The van der Waals surface area contributed by atoms with Crippen LogP contribution in [0.1, 0.15) is 51.7 Å². The molecule has 1 aromatic rings. The fourth-order valence-electron chi connectivity index (χ4n) is 1.81. The van der Waals surface area contributed by atoms with Gasteiger partial charge < -0.3 is 4.74 Å². The molecule has 0 bridgehead atoms. The third-order valence-corrected chi connectivity index (χ3v) is 2.86. The van der Waals surface area contributed by atoms with E-state index in [1.165, 1.54) is 24.0 Å². The maximum Gasteiger partial charge on any atom is 0.426 e. The van der Waals surface area contributed by atoms with Crippen LogP contribution >= 0.6 is 0 Å². The van der Waals surface area contributed by atoms with Gasteiger partial charge in [0, 0.05) is 0 Å². The van der Waals surface area contributed by atoms with E-state index >= 15 is 0 Å². The van der Waals surface area contributed by atoms with Crippen molar-refractivity contribution in [2.75, 3.05) is 5.43 Å². The van der Waals surface area contributed by atoms with Gasteiger partial charge in [-0.3, -0.25) is 5.43 Å². The molecule has 0 saturated heterocycles. The lowest BCUT2D eigenvalue weighted by Gasteiger charge is -2.20. The van der Waals surface area contributed by atoms with Crippen molar-refractivity contribution in [1.82, 2.24) is 5.43 Å². The van der Waals surface area contributed by atoms with Crippen molar-refractivity contribution in [3.05, 3.63) is 29.3 Å². The van der Waals surface area contributed by atoms with Crippen molar-refractivity contribution in [3.63, 3.8) is 0 Å². The molecule has 0 radical (unpaired) electrons. The fourth-order valence-corrected chi connectivity index (χ4v) is 1.81. The number of ether oxygens (including phenoxy) is 1. The normalized spacial score (nSPS) is 11.1. The van der Waals surface area contributed by atoms with Crippen molar-refractivity contribution in [2.24, 2.45) is 0 Å². The Kier molecular flexibility index (Phi) is 5.86. The molecule has 2 N–H and O–H groups in total. The molecule has 0 atom stereocenters. The number of hydrogen-bond donors (Lipinski definition) is 2. The molecule has 1 aromatic carbocycles. The highest BCUT2D eigenvalue weighted by Crippen LogP contribution is 2.17. The molecule has 1 rings (SSSR count).